The molecule has 0 saturated carbocycles. The zero-order chi connectivity index (χ0) is 104. The van der Waals surface area contributed by atoms with Gasteiger partial charge in [-0.3, -0.25) is 44.3 Å². The molecule has 7 fully saturated rings. The smallest absolute Gasteiger partial charge is 0.0524 e. The summed E-state index contributed by atoms with van der Waals surface area (Å²) in [7, 11) is 0. The minimum absolute atomic E-state index is 0.475. The summed E-state index contributed by atoms with van der Waals surface area (Å²) in [5, 5.41) is 4.25. The number of pyridine rings is 5. The molecule has 6 aromatic heterocycles. The summed E-state index contributed by atoms with van der Waals surface area (Å²) in [4.78, 5) is 42.9. The van der Waals surface area contributed by atoms with E-state index < -0.39 is 0 Å². The maximum absolute atomic E-state index is 4.57. The van der Waals surface area contributed by atoms with E-state index >= 15 is 0 Å². The lowest BCUT2D eigenvalue weighted by molar-refractivity contribution is -0.0662. The van der Waals surface area contributed by atoms with Crippen molar-refractivity contribution in [3.8, 4) is 0 Å². The first-order valence-corrected chi connectivity index (χ1v) is 55.8. The van der Waals surface area contributed by atoms with Crippen molar-refractivity contribution in [2.45, 2.75) is 475 Å². The highest BCUT2D eigenvalue weighted by Gasteiger charge is 2.46. The molecule has 13 rings (SSSR count). The van der Waals surface area contributed by atoms with Crippen molar-refractivity contribution in [3.05, 3.63) is 166 Å². The van der Waals surface area contributed by atoms with Crippen LogP contribution in [0, 0.1) is 34.5 Å². The molecule has 6 aromatic rings. The van der Waals surface area contributed by atoms with Crippen LogP contribution in [0.2, 0.25) is 0 Å². The molecule has 0 atom stereocenters. The van der Waals surface area contributed by atoms with E-state index in [4.69, 9.17) is 0 Å². The normalized spacial score (nSPS) is 17.8. The van der Waals surface area contributed by atoms with Crippen molar-refractivity contribution in [3.63, 3.8) is 0 Å². The average Bonchev–Trinajstić information content (AvgIpc) is 1.02. The number of piperidine rings is 4. The summed E-state index contributed by atoms with van der Waals surface area (Å²) in [6.45, 7) is 120. The zero-order valence-corrected chi connectivity index (χ0v) is 97.9. The van der Waals surface area contributed by atoms with Crippen LogP contribution in [0.15, 0.2) is 104 Å². The molecule has 0 radical (unpaired) electrons. The lowest BCUT2D eigenvalue weighted by Gasteiger charge is -2.56. The molecule has 0 unspecified atom stereocenters. The van der Waals surface area contributed by atoms with Gasteiger partial charge in [0.05, 0.1) is 6.20 Å². The summed E-state index contributed by atoms with van der Waals surface area (Å²) in [5.41, 5.74) is 15.3. The monoisotopic (exact) mass is 1900 g/mol. The second-order valence-electron chi connectivity index (χ2n) is 48.5. The molecule has 2 spiro atoms. The average molecular weight is 1900 g/mol. The second-order valence-corrected chi connectivity index (χ2v) is 48.5. The Balaban J connectivity index is 0.000000389. The van der Waals surface area contributed by atoms with Crippen molar-refractivity contribution in [1.82, 2.24) is 73.9 Å². The van der Waals surface area contributed by atoms with E-state index in [9.17, 15) is 0 Å². The third-order valence-corrected chi connectivity index (χ3v) is 30.3. The van der Waals surface area contributed by atoms with Gasteiger partial charge in [-0.05, 0) is 398 Å². The van der Waals surface area contributed by atoms with Gasteiger partial charge in [-0.1, -0.05) is 204 Å². The molecule has 0 N–H and O–H groups in total. The van der Waals surface area contributed by atoms with Gasteiger partial charge in [0.15, 0.2) is 0 Å². The first kappa shape index (κ1) is 126. The van der Waals surface area contributed by atoms with Crippen molar-refractivity contribution in [2.75, 3.05) is 105 Å². The predicted molar refractivity (Wildman–Crippen MR) is 601 cm³/mol. The summed E-state index contributed by atoms with van der Waals surface area (Å²) in [5.74, 6) is 9.86. The van der Waals surface area contributed by atoms with Gasteiger partial charge in [-0.2, -0.15) is 5.10 Å². The van der Waals surface area contributed by atoms with Gasteiger partial charge < -0.3 is 24.5 Å². The summed E-state index contributed by atoms with van der Waals surface area (Å²) in [6, 6.07) is 29.8. The first-order chi connectivity index (χ1) is 64.0. The van der Waals surface area contributed by atoms with Gasteiger partial charge in [0.25, 0.3) is 0 Å². The minimum atomic E-state index is 0.475. The molecule has 0 amide bonds. The maximum atomic E-state index is 4.57. The van der Waals surface area contributed by atoms with Gasteiger partial charge in [-0.25, -0.2) is 0 Å². The third-order valence-electron chi connectivity index (χ3n) is 30.3. The lowest BCUT2D eigenvalue weighted by Crippen LogP contribution is -2.62. The molecule has 784 valence electrons. The largest absolute Gasteiger partial charge is 0.301 e. The fraction of sp³-hybridized carbons (Fsp3) is 0.770. The Bertz CT molecular complexity index is 3640. The van der Waals surface area contributed by atoms with Crippen LogP contribution in [0.4, 0.5) is 0 Å². The van der Waals surface area contributed by atoms with E-state index in [0.29, 0.717) is 82.0 Å². The summed E-state index contributed by atoms with van der Waals surface area (Å²) < 4.78 is 2.00. The number of nitrogens with zero attached hydrogens (tertiary/aromatic N) is 15. The minimum Gasteiger partial charge on any atom is -0.301 e. The van der Waals surface area contributed by atoms with Gasteiger partial charge >= 0.3 is 0 Å². The topological polar surface area (TPSA) is 108 Å². The van der Waals surface area contributed by atoms with E-state index in [0.717, 1.165) is 72.0 Å². The predicted octanol–water partition coefficient (Wildman–Crippen LogP) is 30.6. The molecule has 0 aliphatic carbocycles. The van der Waals surface area contributed by atoms with Gasteiger partial charge in [0, 0.05) is 172 Å². The molecular weight excluding hydrogens is 1680 g/mol. The quantitative estimate of drug-likeness (QED) is 0.0643. The van der Waals surface area contributed by atoms with Crippen molar-refractivity contribution in [2.24, 2.45) is 34.5 Å². The van der Waals surface area contributed by atoms with E-state index in [1.54, 1.807) is 0 Å². The van der Waals surface area contributed by atoms with E-state index in [-0.39, 0.29) is 0 Å². The fourth-order valence-electron chi connectivity index (χ4n) is 18.6. The Labute approximate surface area is 849 Å². The van der Waals surface area contributed by atoms with E-state index in [2.05, 4.69) is 441 Å². The molecule has 7 saturated heterocycles. The van der Waals surface area contributed by atoms with Gasteiger partial charge in [0.1, 0.15) is 0 Å². The zero-order valence-electron chi connectivity index (χ0n) is 97.9. The number of aromatic nitrogens is 7. The first-order valence-electron chi connectivity index (χ1n) is 55.8. The molecule has 0 aromatic carbocycles. The maximum Gasteiger partial charge on any atom is 0.0524 e. The Morgan fingerprint density at radius 3 is 0.891 bits per heavy atom. The van der Waals surface area contributed by atoms with Crippen molar-refractivity contribution in [1.29, 1.82) is 0 Å². The Morgan fingerprint density at radius 1 is 0.255 bits per heavy atom. The van der Waals surface area contributed by atoms with Crippen molar-refractivity contribution < 1.29 is 0 Å². The third kappa shape index (κ3) is 46.1. The molecule has 15 heteroatoms. The van der Waals surface area contributed by atoms with E-state index in [1.807, 2.05) is 41.7 Å². The molecule has 0 bridgehead atoms. The molecule has 137 heavy (non-hydrogen) atoms. The number of hydrogen-bond acceptors (Lipinski definition) is 14. The summed E-state index contributed by atoms with van der Waals surface area (Å²) >= 11 is 0. The SMILES string of the molecule is CC(C)C1CCN(C(C)C)CC1.CC(C)C1CN(C(C)C)C1.CC(C)N1CCC2(CC1)CCN(C(C)C)CC2.CC(C)N1CCC2(CC1)CN(C(C)C)C2.CC(C)N1CCN(C(C)C)CC1.CC(C)c1ccc(C(C)C)nc1.CC(C)c1ccc(C(C)C)nc1.CC(C)c1cccc(C(C)C)n1.CC(C)c1cccnc1C(C)C.CC(C)c1ccnc(C(C)C)c1.CC(C)c1cnn(C(C)C)c1. The second kappa shape index (κ2) is 63.7. The number of likely N-dealkylation sites (tertiary alicyclic amines) is 6. The highest BCUT2D eigenvalue weighted by molar-refractivity contribution is 5.26. The number of rotatable bonds is 22. The molecule has 7 aliphatic rings. The lowest BCUT2D eigenvalue weighted by atomic mass is 9.71. The number of hydrogen-bond donors (Lipinski definition) is 0. The summed E-state index contributed by atoms with van der Waals surface area (Å²) in [6.07, 6.45) is 23.3. The van der Waals surface area contributed by atoms with Gasteiger partial charge in [-0.15, -0.1) is 0 Å². The van der Waals surface area contributed by atoms with Crippen LogP contribution >= 0.6 is 0 Å². The highest BCUT2D eigenvalue weighted by atomic mass is 15.3. The van der Waals surface area contributed by atoms with Crippen LogP contribution in [0.5, 0.6) is 0 Å². The van der Waals surface area contributed by atoms with Gasteiger partial charge in [0.2, 0.25) is 0 Å². The molecule has 13 heterocycles. The van der Waals surface area contributed by atoms with Crippen LogP contribution in [0.1, 0.15) is 489 Å². The Kier molecular flexibility index (Phi) is 58.5. The van der Waals surface area contributed by atoms with E-state index in [1.165, 1.54) is 218 Å². The highest BCUT2D eigenvalue weighted by Crippen LogP contribution is 2.44. The van der Waals surface area contributed by atoms with Crippen molar-refractivity contribution >= 4 is 0 Å². The van der Waals surface area contributed by atoms with Crippen LogP contribution in [0.3, 0.4) is 0 Å². The van der Waals surface area contributed by atoms with Crippen LogP contribution in [0.25, 0.3) is 0 Å². The molecule has 7 aliphatic heterocycles. The Morgan fingerprint density at radius 2 is 0.606 bits per heavy atom. The van der Waals surface area contributed by atoms with Crippen LogP contribution in [-0.2, 0) is 0 Å². The standard InChI is InChI=1S/C15H30N2.C13H26N2.C11H23N.5C11H17N.C10H22N2.C9H16N2.C9H19N/c1-13(2)16-9-5-15(6-10-16)7-11-17(12-8-15)14(3)4;1-11(2)14-7-5-13(6-8-14)9-15(10-13)12(3)4;1-9(2)11-5-7-12(8-6-11)10(3)4;1-8(2)10-5-6-12-11(7-10)9(3)4;2*1-8(2)10-5-6-11(9(3)4)12-7-10;1-8(2)10-6-5-7-12-11(10)9(3)4;1-8(2)10-6-5-7-11(12-10)9(3)4;1-9(2)11-5-7-12(8-6-11)10(3)4;1-7(2)9-5-10-11(6-9)8(3)4;1-7(2)9-5-10(6-9)8(3)4/h13-14H,5-12H2,1-4H3;11-12H,5-10H2,1-4H3;9-11H,5-8H2,1-4H3;5*5-9H,1-4H3;9-10H,5-8H2,1-4H3;5-8H,1-4H3;7-9H,5-6H2,1-4H3. The molecular formula is C122H221N15. The fourth-order valence-corrected chi connectivity index (χ4v) is 18.6. The Hall–Kier alpha value is -5.36. The van der Waals surface area contributed by atoms with Crippen LogP contribution in [-0.4, -0.2) is 227 Å². The van der Waals surface area contributed by atoms with Crippen LogP contribution < -0.4 is 0 Å². The number of piperazine rings is 1. The molecule has 15 nitrogen and oxygen atoms in total.